The summed E-state index contributed by atoms with van der Waals surface area (Å²) in [7, 11) is 0. The fraction of sp³-hybridized carbons (Fsp3) is 0.636. The Morgan fingerprint density at radius 3 is 2.88 bits per heavy atom. The number of hydrogen-bond donors (Lipinski definition) is 2. The lowest BCUT2D eigenvalue weighted by atomic mass is 9.80. The van der Waals surface area contributed by atoms with Gasteiger partial charge in [-0.05, 0) is 86.3 Å². The summed E-state index contributed by atoms with van der Waals surface area (Å²) in [4.78, 5) is 0. The highest BCUT2D eigenvalue weighted by molar-refractivity contribution is 5.36. The highest BCUT2D eigenvalue weighted by Crippen LogP contribution is 2.40. The number of nitrogens with two attached hydrogens (primary N) is 1. The first-order chi connectivity index (χ1) is 11.6. The van der Waals surface area contributed by atoms with Gasteiger partial charge in [-0.2, -0.15) is 0 Å². The van der Waals surface area contributed by atoms with E-state index in [1.807, 2.05) is 0 Å². The first-order valence-electron chi connectivity index (χ1n) is 9.80. The maximum Gasteiger partial charge on any atom is 0.0611 e. The molecule has 0 radical (unpaired) electrons. The van der Waals surface area contributed by atoms with Crippen molar-refractivity contribution in [3.05, 3.63) is 47.0 Å². The van der Waals surface area contributed by atoms with Crippen molar-refractivity contribution in [3.63, 3.8) is 0 Å². The minimum absolute atomic E-state index is 0.114. The summed E-state index contributed by atoms with van der Waals surface area (Å²) in [6.07, 6.45) is 15.1. The van der Waals surface area contributed by atoms with Gasteiger partial charge in [0.2, 0.25) is 0 Å². The van der Waals surface area contributed by atoms with Crippen molar-refractivity contribution in [1.29, 1.82) is 0 Å². The zero-order valence-corrected chi connectivity index (χ0v) is 15.1. The van der Waals surface area contributed by atoms with Crippen molar-refractivity contribution >= 4 is 0 Å². The number of allylic oxidation sites excluding steroid dienone is 2. The van der Waals surface area contributed by atoms with E-state index >= 15 is 0 Å². The van der Waals surface area contributed by atoms with Gasteiger partial charge in [0.05, 0.1) is 6.61 Å². The molecule has 0 bridgehead atoms. The molecule has 2 heteroatoms. The Labute approximate surface area is 147 Å². The first-order valence-corrected chi connectivity index (χ1v) is 9.80. The molecular formula is C22H33NO. The van der Waals surface area contributed by atoms with Crippen LogP contribution in [0.4, 0.5) is 0 Å². The van der Waals surface area contributed by atoms with Crippen molar-refractivity contribution in [2.45, 2.75) is 76.2 Å². The van der Waals surface area contributed by atoms with E-state index in [1.54, 1.807) is 11.1 Å². The molecule has 3 rings (SSSR count). The van der Waals surface area contributed by atoms with E-state index in [9.17, 15) is 5.11 Å². The van der Waals surface area contributed by atoms with Gasteiger partial charge in [0.15, 0.2) is 0 Å². The van der Waals surface area contributed by atoms with E-state index in [0.717, 1.165) is 31.6 Å². The SMILES string of the molecule is CC/C=C/CC[C@H]1CCc2cc([C@H]3CC[C@](N)(CO)C3)ccc2C1. The van der Waals surface area contributed by atoms with Gasteiger partial charge in [-0.15, -0.1) is 0 Å². The molecular weight excluding hydrogens is 294 g/mol. The van der Waals surface area contributed by atoms with Crippen LogP contribution in [0.3, 0.4) is 0 Å². The molecule has 2 aliphatic carbocycles. The maximum atomic E-state index is 9.49. The number of aryl methyl sites for hydroxylation is 1. The fourth-order valence-electron chi connectivity index (χ4n) is 4.55. The van der Waals surface area contributed by atoms with Crippen molar-refractivity contribution in [2.75, 3.05) is 6.61 Å². The van der Waals surface area contributed by atoms with Crippen LogP contribution in [0.15, 0.2) is 30.4 Å². The van der Waals surface area contributed by atoms with Gasteiger partial charge in [-0.1, -0.05) is 37.3 Å². The summed E-state index contributed by atoms with van der Waals surface area (Å²) in [5.74, 6) is 1.38. The lowest BCUT2D eigenvalue weighted by Gasteiger charge is -2.26. The van der Waals surface area contributed by atoms with Crippen LogP contribution in [-0.4, -0.2) is 17.3 Å². The molecule has 0 saturated heterocycles. The molecule has 1 fully saturated rings. The normalized spacial score (nSPS) is 30.0. The van der Waals surface area contributed by atoms with Crippen molar-refractivity contribution in [2.24, 2.45) is 11.7 Å². The summed E-state index contributed by atoms with van der Waals surface area (Å²) in [5.41, 5.74) is 10.5. The predicted molar refractivity (Wildman–Crippen MR) is 101 cm³/mol. The van der Waals surface area contributed by atoms with Gasteiger partial charge in [0.25, 0.3) is 0 Å². The summed E-state index contributed by atoms with van der Waals surface area (Å²) in [5, 5.41) is 9.49. The third kappa shape index (κ3) is 4.10. The topological polar surface area (TPSA) is 46.2 Å². The van der Waals surface area contributed by atoms with Crippen LogP contribution in [0.2, 0.25) is 0 Å². The maximum absolute atomic E-state index is 9.49. The van der Waals surface area contributed by atoms with E-state index in [-0.39, 0.29) is 12.1 Å². The highest BCUT2D eigenvalue weighted by Gasteiger charge is 2.36. The quantitative estimate of drug-likeness (QED) is 0.756. The highest BCUT2D eigenvalue weighted by atomic mass is 16.3. The fourth-order valence-corrected chi connectivity index (χ4v) is 4.55. The molecule has 24 heavy (non-hydrogen) atoms. The van der Waals surface area contributed by atoms with Crippen LogP contribution in [0.25, 0.3) is 0 Å². The third-order valence-electron chi connectivity index (χ3n) is 6.13. The summed E-state index contributed by atoms with van der Waals surface area (Å²) < 4.78 is 0. The standard InChI is InChI=1S/C22H33NO/c1-2-3-4-5-6-17-7-8-19-14-20(10-9-18(19)13-17)21-11-12-22(23,15-21)16-24/h3-4,9-10,14,17,21,24H,2,5-8,11-13,15-16,23H2,1H3/b4-3+/t17-,21-,22+/m0/s1. The van der Waals surface area contributed by atoms with Gasteiger partial charge < -0.3 is 10.8 Å². The largest absolute Gasteiger partial charge is 0.394 e. The minimum atomic E-state index is -0.350. The van der Waals surface area contributed by atoms with Gasteiger partial charge >= 0.3 is 0 Å². The van der Waals surface area contributed by atoms with Crippen LogP contribution in [-0.2, 0) is 12.8 Å². The number of fused-ring (bicyclic) bond motifs is 1. The Hall–Kier alpha value is -1.12. The average Bonchev–Trinajstić information content (AvgIpc) is 3.01. The minimum Gasteiger partial charge on any atom is -0.394 e. The Morgan fingerprint density at radius 1 is 1.25 bits per heavy atom. The van der Waals surface area contributed by atoms with E-state index in [0.29, 0.717) is 5.92 Å². The molecule has 2 nitrogen and oxygen atoms in total. The molecule has 0 spiro atoms. The second-order valence-corrected chi connectivity index (χ2v) is 8.05. The molecule has 0 aromatic heterocycles. The lowest BCUT2D eigenvalue weighted by Crippen LogP contribution is -2.40. The van der Waals surface area contributed by atoms with Gasteiger partial charge in [-0.25, -0.2) is 0 Å². The van der Waals surface area contributed by atoms with Crippen molar-refractivity contribution in [1.82, 2.24) is 0 Å². The average molecular weight is 328 g/mol. The van der Waals surface area contributed by atoms with Crippen LogP contribution in [0.5, 0.6) is 0 Å². The Balaban J connectivity index is 1.61. The zero-order valence-electron chi connectivity index (χ0n) is 15.1. The zero-order chi connectivity index (χ0) is 17.0. The predicted octanol–water partition coefficient (Wildman–Crippen LogP) is 4.50. The second-order valence-electron chi connectivity index (χ2n) is 8.05. The summed E-state index contributed by atoms with van der Waals surface area (Å²) in [6, 6.07) is 7.14. The van der Waals surface area contributed by atoms with Gasteiger partial charge in [-0.3, -0.25) is 0 Å². The van der Waals surface area contributed by atoms with Crippen LogP contribution >= 0.6 is 0 Å². The Bertz CT molecular complexity index is 579. The van der Waals surface area contributed by atoms with Crippen molar-refractivity contribution < 1.29 is 5.11 Å². The number of aliphatic hydroxyl groups excluding tert-OH is 1. The smallest absolute Gasteiger partial charge is 0.0611 e. The van der Waals surface area contributed by atoms with Gasteiger partial charge in [0.1, 0.15) is 0 Å². The molecule has 1 saturated carbocycles. The number of rotatable bonds is 6. The van der Waals surface area contributed by atoms with Crippen LogP contribution in [0, 0.1) is 5.92 Å². The van der Waals surface area contributed by atoms with E-state index < -0.39 is 0 Å². The molecule has 2 aliphatic rings. The molecule has 0 unspecified atom stereocenters. The number of benzene rings is 1. The molecule has 1 aromatic rings. The van der Waals surface area contributed by atoms with Crippen LogP contribution in [0.1, 0.15) is 74.5 Å². The molecule has 0 heterocycles. The molecule has 0 amide bonds. The van der Waals surface area contributed by atoms with E-state index in [4.69, 9.17) is 5.73 Å². The summed E-state index contributed by atoms with van der Waals surface area (Å²) in [6.45, 7) is 2.31. The molecule has 1 aromatic carbocycles. The molecule has 3 N–H and O–H groups in total. The summed E-state index contributed by atoms with van der Waals surface area (Å²) >= 11 is 0. The molecule has 0 aliphatic heterocycles. The van der Waals surface area contributed by atoms with Crippen molar-refractivity contribution in [3.8, 4) is 0 Å². The third-order valence-corrected chi connectivity index (χ3v) is 6.13. The van der Waals surface area contributed by atoms with Gasteiger partial charge in [0, 0.05) is 5.54 Å². The van der Waals surface area contributed by atoms with E-state index in [1.165, 1.54) is 37.7 Å². The Morgan fingerprint density at radius 2 is 2.12 bits per heavy atom. The first kappa shape index (κ1) is 17.7. The molecule has 3 atom stereocenters. The molecule has 132 valence electrons. The monoisotopic (exact) mass is 327 g/mol. The number of aliphatic hydroxyl groups is 1. The second kappa shape index (κ2) is 7.84. The lowest BCUT2D eigenvalue weighted by molar-refractivity contribution is 0.198. The Kier molecular flexibility index (Phi) is 5.78. The van der Waals surface area contributed by atoms with Crippen LogP contribution < -0.4 is 5.73 Å². The number of hydrogen-bond acceptors (Lipinski definition) is 2. The van der Waals surface area contributed by atoms with E-state index in [2.05, 4.69) is 37.3 Å².